The van der Waals surface area contributed by atoms with Gasteiger partial charge in [0.2, 0.25) is 0 Å². The predicted octanol–water partition coefficient (Wildman–Crippen LogP) is 3.14. The van der Waals surface area contributed by atoms with Crippen LogP contribution in [0.4, 0.5) is 15.8 Å². The molecule has 1 aromatic carbocycles. The number of esters is 1. The van der Waals surface area contributed by atoms with Crippen molar-refractivity contribution in [3.05, 3.63) is 54.1 Å². The average Bonchev–Trinajstić information content (AvgIpc) is 2.40. The Bertz CT molecular complexity index is 570. The Labute approximate surface area is 110 Å². The van der Waals surface area contributed by atoms with Gasteiger partial charge in [0.15, 0.2) is 0 Å². The lowest BCUT2D eigenvalue weighted by Gasteiger charge is -2.06. The second-order valence-corrected chi connectivity index (χ2v) is 3.79. The lowest BCUT2D eigenvalue weighted by Crippen LogP contribution is -2.06. The molecule has 0 fully saturated rings. The molecule has 0 aliphatic carbocycles. The standard InChI is InChI=1S/C14H13FN2O2/c1-2-19-14(18)13-7-6-12(9-16-13)17-11-5-3-4-10(15)8-11/h3-9,17H,2H2,1H3. The number of nitrogens with one attached hydrogen (secondary N) is 1. The van der Waals surface area contributed by atoms with Crippen molar-refractivity contribution in [1.82, 2.24) is 4.98 Å². The van der Waals surface area contributed by atoms with Crippen LogP contribution in [0.25, 0.3) is 0 Å². The van der Waals surface area contributed by atoms with Crippen LogP contribution in [0.3, 0.4) is 0 Å². The first-order valence-corrected chi connectivity index (χ1v) is 5.85. The fraction of sp³-hybridized carbons (Fsp3) is 0.143. The van der Waals surface area contributed by atoms with E-state index in [1.807, 2.05) is 0 Å². The third-order valence-electron chi connectivity index (χ3n) is 2.36. The number of carbonyl (C=O) groups excluding carboxylic acids is 1. The summed E-state index contributed by atoms with van der Waals surface area (Å²) < 4.78 is 17.8. The number of nitrogens with zero attached hydrogens (tertiary/aromatic N) is 1. The average molecular weight is 260 g/mol. The quantitative estimate of drug-likeness (QED) is 0.858. The Morgan fingerprint density at radius 1 is 1.32 bits per heavy atom. The van der Waals surface area contributed by atoms with Crippen LogP contribution in [-0.2, 0) is 4.74 Å². The number of hydrogen-bond donors (Lipinski definition) is 1. The molecule has 19 heavy (non-hydrogen) atoms. The molecule has 0 bridgehead atoms. The topological polar surface area (TPSA) is 51.2 Å². The van der Waals surface area contributed by atoms with E-state index in [1.165, 1.54) is 18.3 Å². The third-order valence-corrected chi connectivity index (χ3v) is 2.36. The van der Waals surface area contributed by atoms with Gasteiger partial charge in [-0.25, -0.2) is 14.2 Å². The lowest BCUT2D eigenvalue weighted by molar-refractivity contribution is 0.0519. The summed E-state index contributed by atoms with van der Waals surface area (Å²) in [5, 5.41) is 2.99. The fourth-order valence-corrected chi connectivity index (χ4v) is 1.53. The smallest absolute Gasteiger partial charge is 0.356 e. The van der Waals surface area contributed by atoms with Crippen LogP contribution in [0.1, 0.15) is 17.4 Å². The molecule has 1 heterocycles. The van der Waals surface area contributed by atoms with Gasteiger partial charge in [-0.2, -0.15) is 0 Å². The minimum absolute atomic E-state index is 0.242. The highest BCUT2D eigenvalue weighted by molar-refractivity contribution is 5.87. The zero-order valence-electron chi connectivity index (χ0n) is 10.4. The minimum atomic E-state index is -0.459. The van der Waals surface area contributed by atoms with Crippen LogP contribution in [-0.4, -0.2) is 17.6 Å². The summed E-state index contributed by atoms with van der Waals surface area (Å²) in [4.78, 5) is 15.4. The van der Waals surface area contributed by atoms with E-state index < -0.39 is 5.97 Å². The second-order valence-electron chi connectivity index (χ2n) is 3.79. The molecular weight excluding hydrogens is 247 g/mol. The van der Waals surface area contributed by atoms with E-state index in [-0.39, 0.29) is 11.5 Å². The van der Waals surface area contributed by atoms with Gasteiger partial charge in [0.25, 0.3) is 0 Å². The van der Waals surface area contributed by atoms with Crippen molar-refractivity contribution in [1.29, 1.82) is 0 Å². The molecule has 2 rings (SSSR count). The summed E-state index contributed by atoms with van der Waals surface area (Å²) >= 11 is 0. The van der Waals surface area contributed by atoms with Crippen LogP contribution in [0.15, 0.2) is 42.6 Å². The zero-order chi connectivity index (χ0) is 13.7. The van der Waals surface area contributed by atoms with Gasteiger partial charge in [0, 0.05) is 5.69 Å². The number of carbonyl (C=O) groups is 1. The Hall–Kier alpha value is -2.43. The second kappa shape index (κ2) is 5.95. The van der Waals surface area contributed by atoms with E-state index in [0.717, 1.165) is 0 Å². The Morgan fingerprint density at radius 3 is 2.79 bits per heavy atom. The van der Waals surface area contributed by atoms with Crippen molar-refractivity contribution < 1.29 is 13.9 Å². The van der Waals surface area contributed by atoms with Gasteiger partial charge in [0.1, 0.15) is 11.5 Å². The van der Waals surface area contributed by atoms with E-state index in [1.54, 1.807) is 31.2 Å². The highest BCUT2D eigenvalue weighted by Gasteiger charge is 2.07. The van der Waals surface area contributed by atoms with Gasteiger partial charge < -0.3 is 10.1 Å². The molecule has 0 unspecified atom stereocenters. The number of hydrogen-bond acceptors (Lipinski definition) is 4. The lowest BCUT2D eigenvalue weighted by atomic mass is 10.3. The molecule has 1 aromatic heterocycles. The number of pyridine rings is 1. The number of benzene rings is 1. The summed E-state index contributed by atoms with van der Waals surface area (Å²) in [6.45, 7) is 2.04. The van der Waals surface area contributed by atoms with Crippen LogP contribution in [0, 0.1) is 5.82 Å². The number of aromatic nitrogens is 1. The Morgan fingerprint density at radius 2 is 2.16 bits per heavy atom. The largest absolute Gasteiger partial charge is 0.461 e. The van der Waals surface area contributed by atoms with Crippen molar-refractivity contribution >= 4 is 17.3 Å². The molecule has 0 spiro atoms. The third kappa shape index (κ3) is 3.51. The van der Waals surface area contributed by atoms with Gasteiger partial charge in [-0.1, -0.05) is 6.07 Å². The monoisotopic (exact) mass is 260 g/mol. The van der Waals surface area contributed by atoms with Crippen molar-refractivity contribution in [2.75, 3.05) is 11.9 Å². The SMILES string of the molecule is CCOC(=O)c1ccc(Nc2cccc(F)c2)cn1. The molecule has 0 amide bonds. The number of rotatable bonds is 4. The summed E-state index contributed by atoms with van der Waals surface area (Å²) in [5.74, 6) is -0.777. The maximum absolute atomic E-state index is 13.0. The molecule has 98 valence electrons. The minimum Gasteiger partial charge on any atom is -0.461 e. The molecule has 5 heteroatoms. The summed E-state index contributed by atoms with van der Waals surface area (Å²) in [5.41, 5.74) is 1.52. The zero-order valence-corrected chi connectivity index (χ0v) is 10.4. The molecule has 0 saturated carbocycles. The van der Waals surface area contributed by atoms with Crippen LogP contribution in [0.2, 0.25) is 0 Å². The van der Waals surface area contributed by atoms with E-state index in [9.17, 15) is 9.18 Å². The first kappa shape index (κ1) is 13.0. The van der Waals surface area contributed by atoms with Gasteiger partial charge >= 0.3 is 5.97 Å². The summed E-state index contributed by atoms with van der Waals surface area (Å²) in [6.07, 6.45) is 1.50. The highest BCUT2D eigenvalue weighted by Crippen LogP contribution is 2.16. The van der Waals surface area contributed by atoms with Gasteiger partial charge in [0.05, 0.1) is 18.5 Å². The van der Waals surface area contributed by atoms with Crippen molar-refractivity contribution in [3.8, 4) is 0 Å². The number of ether oxygens (including phenoxy) is 1. The van der Waals surface area contributed by atoms with Crippen LogP contribution < -0.4 is 5.32 Å². The Balaban J connectivity index is 2.08. The van der Waals surface area contributed by atoms with E-state index in [4.69, 9.17) is 4.74 Å². The van der Waals surface area contributed by atoms with Crippen LogP contribution >= 0.6 is 0 Å². The van der Waals surface area contributed by atoms with Gasteiger partial charge in [-0.15, -0.1) is 0 Å². The first-order chi connectivity index (χ1) is 9.19. The molecule has 1 N–H and O–H groups in total. The predicted molar refractivity (Wildman–Crippen MR) is 69.9 cm³/mol. The molecule has 2 aromatic rings. The molecule has 4 nitrogen and oxygen atoms in total. The van der Waals surface area contributed by atoms with Gasteiger partial charge in [-0.3, -0.25) is 0 Å². The maximum Gasteiger partial charge on any atom is 0.356 e. The molecule has 0 aliphatic rings. The van der Waals surface area contributed by atoms with E-state index in [0.29, 0.717) is 18.0 Å². The van der Waals surface area contributed by atoms with Crippen LogP contribution in [0.5, 0.6) is 0 Å². The molecular formula is C14H13FN2O2. The van der Waals surface area contributed by atoms with Gasteiger partial charge in [-0.05, 0) is 37.3 Å². The number of anilines is 2. The highest BCUT2D eigenvalue weighted by atomic mass is 19.1. The summed E-state index contributed by atoms with van der Waals surface area (Å²) in [6, 6.07) is 9.33. The Kier molecular flexibility index (Phi) is 4.07. The number of halogens is 1. The molecule has 0 aliphatic heterocycles. The molecule has 0 radical (unpaired) electrons. The van der Waals surface area contributed by atoms with Crippen molar-refractivity contribution in [3.63, 3.8) is 0 Å². The fourth-order valence-electron chi connectivity index (χ4n) is 1.53. The maximum atomic E-state index is 13.0. The summed E-state index contributed by atoms with van der Waals surface area (Å²) in [7, 11) is 0. The molecule has 0 atom stereocenters. The van der Waals surface area contributed by atoms with Crippen molar-refractivity contribution in [2.45, 2.75) is 6.92 Å². The molecule has 0 saturated heterocycles. The normalized spacial score (nSPS) is 10.0. The first-order valence-electron chi connectivity index (χ1n) is 5.85. The van der Waals surface area contributed by atoms with Crippen molar-refractivity contribution in [2.24, 2.45) is 0 Å². The van der Waals surface area contributed by atoms with E-state index in [2.05, 4.69) is 10.3 Å². The van der Waals surface area contributed by atoms with E-state index >= 15 is 0 Å².